The summed E-state index contributed by atoms with van der Waals surface area (Å²) < 4.78 is 0. The molecule has 1 amide bonds. The molecule has 132 valence electrons. The number of carbonyl (C=O) groups excluding carboxylic acids is 1. The first-order valence-corrected chi connectivity index (χ1v) is 8.87. The zero-order valence-corrected chi connectivity index (χ0v) is 14.7. The standard InChI is InChI=1S/C22H18N4O/c23-15-16-7-9-19(10-8-16)25-22(27)18-11-12-24-21(14-18)26-13-3-5-17-4-1-2-6-20(17)26/h1-2,4,6-12,14H,3,5,13H2,(H,25,27). The van der Waals surface area contributed by atoms with Crippen molar-refractivity contribution in [3.8, 4) is 6.07 Å². The Bertz CT molecular complexity index is 1020. The maximum Gasteiger partial charge on any atom is 0.255 e. The van der Waals surface area contributed by atoms with E-state index in [0.717, 1.165) is 30.9 Å². The van der Waals surface area contributed by atoms with Crippen LogP contribution in [-0.4, -0.2) is 17.4 Å². The fourth-order valence-electron chi connectivity index (χ4n) is 3.31. The molecule has 0 saturated carbocycles. The molecule has 3 aromatic rings. The monoisotopic (exact) mass is 354 g/mol. The van der Waals surface area contributed by atoms with E-state index in [1.54, 1.807) is 36.5 Å². The second-order valence-corrected chi connectivity index (χ2v) is 6.43. The van der Waals surface area contributed by atoms with Crippen molar-refractivity contribution in [2.24, 2.45) is 0 Å². The first-order valence-electron chi connectivity index (χ1n) is 8.87. The fraction of sp³-hybridized carbons (Fsp3) is 0.136. The van der Waals surface area contributed by atoms with Crippen molar-refractivity contribution in [2.45, 2.75) is 12.8 Å². The molecule has 0 fully saturated rings. The molecule has 1 N–H and O–H groups in total. The largest absolute Gasteiger partial charge is 0.326 e. The number of para-hydroxylation sites is 1. The lowest BCUT2D eigenvalue weighted by atomic mass is 10.0. The van der Waals surface area contributed by atoms with Crippen LogP contribution in [0.5, 0.6) is 0 Å². The Balaban J connectivity index is 1.57. The van der Waals surface area contributed by atoms with Crippen molar-refractivity contribution in [1.82, 2.24) is 4.98 Å². The summed E-state index contributed by atoms with van der Waals surface area (Å²) in [4.78, 5) is 19.3. The molecule has 1 aromatic heterocycles. The molecule has 0 atom stereocenters. The fourth-order valence-corrected chi connectivity index (χ4v) is 3.31. The van der Waals surface area contributed by atoms with Gasteiger partial charge in [-0.3, -0.25) is 4.79 Å². The number of benzene rings is 2. The van der Waals surface area contributed by atoms with Crippen molar-refractivity contribution in [1.29, 1.82) is 5.26 Å². The second-order valence-electron chi connectivity index (χ2n) is 6.43. The molecule has 0 spiro atoms. The molecular weight excluding hydrogens is 336 g/mol. The van der Waals surface area contributed by atoms with Gasteiger partial charge in [-0.2, -0.15) is 5.26 Å². The third kappa shape index (κ3) is 3.51. The lowest BCUT2D eigenvalue weighted by Crippen LogP contribution is -2.25. The van der Waals surface area contributed by atoms with Crippen LogP contribution in [0.25, 0.3) is 0 Å². The number of carbonyl (C=O) groups is 1. The second kappa shape index (κ2) is 7.30. The summed E-state index contributed by atoms with van der Waals surface area (Å²) in [5, 5.41) is 11.7. The summed E-state index contributed by atoms with van der Waals surface area (Å²) in [5.74, 6) is 0.572. The van der Waals surface area contributed by atoms with Crippen molar-refractivity contribution in [3.05, 3.63) is 83.6 Å². The number of nitrogens with zero attached hydrogens (tertiary/aromatic N) is 3. The third-order valence-electron chi connectivity index (χ3n) is 4.67. The molecule has 0 saturated heterocycles. The number of aromatic nitrogens is 1. The van der Waals surface area contributed by atoms with Gasteiger partial charge in [-0.05, 0) is 60.9 Å². The highest BCUT2D eigenvalue weighted by Crippen LogP contribution is 2.32. The molecule has 27 heavy (non-hydrogen) atoms. The first-order chi connectivity index (χ1) is 13.2. The number of hydrogen-bond donors (Lipinski definition) is 1. The van der Waals surface area contributed by atoms with Crippen molar-refractivity contribution in [3.63, 3.8) is 0 Å². The molecule has 1 aliphatic rings. The third-order valence-corrected chi connectivity index (χ3v) is 4.67. The number of rotatable bonds is 3. The Morgan fingerprint density at radius 1 is 1.11 bits per heavy atom. The van der Waals surface area contributed by atoms with E-state index in [2.05, 4.69) is 39.5 Å². The lowest BCUT2D eigenvalue weighted by Gasteiger charge is -2.30. The highest BCUT2D eigenvalue weighted by molar-refractivity contribution is 6.04. The number of pyridine rings is 1. The highest BCUT2D eigenvalue weighted by atomic mass is 16.1. The van der Waals surface area contributed by atoms with Crippen molar-refractivity contribution >= 4 is 23.1 Å². The molecule has 0 radical (unpaired) electrons. The van der Waals surface area contributed by atoms with Gasteiger partial charge in [-0.1, -0.05) is 18.2 Å². The van der Waals surface area contributed by atoms with Crippen LogP contribution < -0.4 is 10.2 Å². The number of hydrogen-bond acceptors (Lipinski definition) is 4. The summed E-state index contributed by atoms with van der Waals surface area (Å²) in [7, 11) is 0. The average molecular weight is 354 g/mol. The van der Waals surface area contributed by atoms with Crippen LogP contribution in [0.1, 0.15) is 27.9 Å². The number of fused-ring (bicyclic) bond motifs is 1. The smallest absolute Gasteiger partial charge is 0.255 e. The topological polar surface area (TPSA) is 69.0 Å². The van der Waals surface area contributed by atoms with Crippen LogP contribution in [0.15, 0.2) is 66.9 Å². The molecule has 0 aliphatic carbocycles. The summed E-state index contributed by atoms with van der Waals surface area (Å²) in [6.45, 7) is 0.880. The number of anilines is 3. The maximum atomic E-state index is 12.6. The van der Waals surface area contributed by atoms with Crippen LogP contribution in [-0.2, 0) is 6.42 Å². The predicted molar refractivity (Wildman–Crippen MR) is 105 cm³/mol. The van der Waals surface area contributed by atoms with Gasteiger partial charge >= 0.3 is 0 Å². The van der Waals surface area contributed by atoms with E-state index in [1.165, 1.54) is 5.56 Å². The minimum Gasteiger partial charge on any atom is -0.326 e. The van der Waals surface area contributed by atoms with E-state index in [-0.39, 0.29) is 5.91 Å². The minimum atomic E-state index is -0.200. The van der Waals surface area contributed by atoms with E-state index in [4.69, 9.17) is 5.26 Å². The number of amides is 1. The van der Waals surface area contributed by atoms with Crippen LogP contribution in [0.4, 0.5) is 17.2 Å². The number of nitriles is 1. The molecule has 5 nitrogen and oxygen atoms in total. The van der Waals surface area contributed by atoms with Crippen LogP contribution in [0.2, 0.25) is 0 Å². The summed E-state index contributed by atoms with van der Waals surface area (Å²) in [6, 6.07) is 20.7. The van der Waals surface area contributed by atoms with E-state index in [9.17, 15) is 4.79 Å². The molecule has 2 aromatic carbocycles. The first kappa shape index (κ1) is 16.8. The van der Waals surface area contributed by atoms with Gasteiger partial charge in [0.1, 0.15) is 5.82 Å². The number of nitrogens with one attached hydrogen (secondary N) is 1. The van der Waals surface area contributed by atoms with Gasteiger partial charge < -0.3 is 10.2 Å². The Morgan fingerprint density at radius 3 is 2.74 bits per heavy atom. The quantitative estimate of drug-likeness (QED) is 0.762. The highest BCUT2D eigenvalue weighted by Gasteiger charge is 2.19. The molecule has 0 bridgehead atoms. The van der Waals surface area contributed by atoms with Gasteiger partial charge in [0.15, 0.2) is 0 Å². The van der Waals surface area contributed by atoms with Gasteiger partial charge in [0, 0.05) is 29.7 Å². The number of aryl methyl sites for hydroxylation is 1. The molecular formula is C22H18N4O. The molecule has 0 unspecified atom stereocenters. The van der Waals surface area contributed by atoms with Crippen molar-refractivity contribution < 1.29 is 4.79 Å². The predicted octanol–water partition coefficient (Wildman–Crippen LogP) is 4.29. The molecule has 4 rings (SSSR count). The summed E-state index contributed by atoms with van der Waals surface area (Å²) >= 11 is 0. The zero-order valence-electron chi connectivity index (χ0n) is 14.7. The van der Waals surface area contributed by atoms with Gasteiger partial charge in [0.2, 0.25) is 0 Å². The van der Waals surface area contributed by atoms with Gasteiger partial charge in [-0.15, -0.1) is 0 Å². The van der Waals surface area contributed by atoms with Crippen LogP contribution in [0.3, 0.4) is 0 Å². The van der Waals surface area contributed by atoms with Gasteiger partial charge in [0.25, 0.3) is 5.91 Å². The molecule has 5 heteroatoms. The minimum absolute atomic E-state index is 0.200. The average Bonchev–Trinajstić information content (AvgIpc) is 2.74. The van der Waals surface area contributed by atoms with E-state index in [0.29, 0.717) is 16.8 Å². The summed E-state index contributed by atoms with van der Waals surface area (Å²) in [6.07, 6.45) is 3.78. The Morgan fingerprint density at radius 2 is 1.93 bits per heavy atom. The van der Waals surface area contributed by atoms with E-state index in [1.807, 2.05) is 12.1 Å². The normalized spacial score (nSPS) is 12.8. The van der Waals surface area contributed by atoms with Crippen LogP contribution >= 0.6 is 0 Å². The maximum absolute atomic E-state index is 12.6. The van der Waals surface area contributed by atoms with Crippen LogP contribution in [0, 0.1) is 11.3 Å². The Labute approximate surface area is 157 Å². The SMILES string of the molecule is N#Cc1ccc(NC(=O)c2ccnc(N3CCCc4ccccc43)c2)cc1. The Kier molecular flexibility index (Phi) is 4.54. The lowest BCUT2D eigenvalue weighted by molar-refractivity contribution is 0.102. The van der Waals surface area contributed by atoms with E-state index >= 15 is 0 Å². The summed E-state index contributed by atoms with van der Waals surface area (Å²) in [5.41, 5.74) is 4.22. The Hall–Kier alpha value is -3.65. The molecule has 2 heterocycles. The van der Waals surface area contributed by atoms with E-state index < -0.39 is 0 Å². The van der Waals surface area contributed by atoms with Gasteiger partial charge in [-0.25, -0.2) is 4.98 Å². The zero-order chi connectivity index (χ0) is 18.6. The van der Waals surface area contributed by atoms with Crippen molar-refractivity contribution in [2.75, 3.05) is 16.8 Å². The van der Waals surface area contributed by atoms with Gasteiger partial charge in [0.05, 0.1) is 11.6 Å². The molecule has 1 aliphatic heterocycles.